The summed E-state index contributed by atoms with van der Waals surface area (Å²) in [6, 6.07) is 2.99. The maximum absolute atomic E-state index is 10.2. The van der Waals surface area contributed by atoms with Crippen LogP contribution in [-0.4, -0.2) is 47.9 Å². The van der Waals surface area contributed by atoms with Crippen LogP contribution in [0.5, 0.6) is 0 Å². The van der Waals surface area contributed by atoms with Crippen molar-refractivity contribution in [2.45, 2.75) is 0 Å². The van der Waals surface area contributed by atoms with E-state index in [1.165, 1.54) is 12.3 Å². The van der Waals surface area contributed by atoms with Gasteiger partial charge in [0.15, 0.2) is 0 Å². The van der Waals surface area contributed by atoms with Gasteiger partial charge in [-0.15, -0.1) is 0 Å². The molecule has 3 nitrogen and oxygen atoms in total. The van der Waals surface area contributed by atoms with E-state index in [-0.39, 0.29) is 43.3 Å². The summed E-state index contributed by atoms with van der Waals surface area (Å²) in [5.41, 5.74) is -0.164. The first-order valence-corrected chi connectivity index (χ1v) is 1.89. The molecule has 0 aliphatic rings. The Hall–Kier alpha value is 0.140. The zero-order valence-electron chi connectivity index (χ0n) is 3.59. The summed E-state index contributed by atoms with van der Waals surface area (Å²) in [6.45, 7) is 0. The first-order chi connectivity index (χ1) is 3.39. The molecule has 8 heavy (non-hydrogen) atoms. The molecule has 0 saturated heterocycles. The van der Waals surface area contributed by atoms with Crippen LogP contribution in [0, 0.1) is 0 Å². The molecule has 0 atom stereocenters. The van der Waals surface area contributed by atoms with Gasteiger partial charge >= 0.3 is 37.7 Å². The topological polar surface area (TPSA) is 45.8 Å². The molecule has 0 unspecified atom stereocenters. The molecule has 0 spiro atoms. The monoisotopic (exact) mass is 138 g/mol. The minimum atomic E-state index is -0.164. The molecule has 0 amide bonds. The number of hydrogen-bond donors (Lipinski definition) is 1. The number of H-pyrrole nitrogens is 1. The number of hydrogen-bond acceptors (Lipinski definition) is 2. The zero-order chi connectivity index (χ0) is 5.11. The van der Waals surface area contributed by atoms with Crippen molar-refractivity contribution in [3.63, 3.8) is 0 Å². The third-order valence-corrected chi connectivity index (χ3v) is 0.583. The summed E-state index contributed by atoms with van der Waals surface area (Å²) in [5.74, 6) is 0. The van der Waals surface area contributed by atoms with E-state index in [0.717, 1.165) is 0 Å². The molecule has 4 heteroatoms. The molecule has 0 bridgehead atoms. The van der Waals surface area contributed by atoms with E-state index < -0.39 is 0 Å². The predicted molar refractivity (Wildman–Crippen MR) is 33.4 cm³/mol. The van der Waals surface area contributed by atoms with E-state index in [9.17, 15) is 4.79 Å². The molecule has 0 aliphatic heterocycles. The van der Waals surface area contributed by atoms with Gasteiger partial charge < -0.3 is 0 Å². The number of nitrogens with one attached hydrogen (secondary N) is 1. The van der Waals surface area contributed by atoms with Gasteiger partial charge in [0.25, 0.3) is 5.56 Å². The van der Waals surface area contributed by atoms with Gasteiger partial charge in [0, 0.05) is 12.3 Å². The zero-order valence-corrected chi connectivity index (χ0v) is 3.59. The van der Waals surface area contributed by atoms with Crippen LogP contribution in [0.2, 0.25) is 0 Å². The van der Waals surface area contributed by atoms with Crippen LogP contribution < -0.4 is 5.56 Å². The fourth-order valence-corrected chi connectivity index (χ4v) is 0.312. The molecule has 0 saturated carbocycles. The van der Waals surface area contributed by atoms with Gasteiger partial charge in [-0.05, 0) is 6.07 Å². The predicted octanol–water partition coefficient (Wildman–Crippen LogP) is -1.15. The molecule has 0 radical (unpaired) electrons. The van der Waals surface area contributed by atoms with E-state index in [1.54, 1.807) is 6.07 Å². The van der Waals surface area contributed by atoms with Crippen molar-refractivity contribution in [3.05, 3.63) is 28.7 Å². The van der Waals surface area contributed by atoms with Gasteiger partial charge in [-0.1, -0.05) is 0 Å². The van der Waals surface area contributed by atoms with Gasteiger partial charge in [0.05, 0.1) is 0 Å². The Morgan fingerprint density at radius 3 is 2.62 bits per heavy atom. The molecule has 1 N–H and O–H groups in total. The van der Waals surface area contributed by atoms with Crippen molar-refractivity contribution >= 4 is 37.7 Å². The van der Waals surface area contributed by atoms with Crippen LogP contribution in [0.1, 0.15) is 0 Å². The van der Waals surface area contributed by atoms with Gasteiger partial charge in [0.1, 0.15) is 0 Å². The molecule has 0 aliphatic carbocycles. The minimum absolute atomic E-state index is 0. The summed E-state index contributed by atoms with van der Waals surface area (Å²) in [5, 5.41) is 5.67. The van der Waals surface area contributed by atoms with E-state index in [1.807, 2.05) is 0 Å². The fourth-order valence-electron chi connectivity index (χ4n) is 0.312. The molecule has 1 aromatic heterocycles. The van der Waals surface area contributed by atoms with Gasteiger partial charge in [-0.3, -0.25) is 4.79 Å². The average molecular weight is 138 g/mol. The molecule has 0 aromatic carbocycles. The average Bonchev–Trinajstić information content (AvgIpc) is 1.69. The van der Waals surface area contributed by atoms with E-state index >= 15 is 0 Å². The van der Waals surface area contributed by atoms with E-state index in [0.29, 0.717) is 0 Å². The quantitative estimate of drug-likeness (QED) is 0.460. The first kappa shape index (κ1) is 8.14. The summed E-state index contributed by atoms with van der Waals surface area (Å²) in [6.07, 6.45) is 1.52. The molecule has 1 heterocycles. The Morgan fingerprint density at radius 1 is 1.62 bits per heavy atom. The number of rotatable bonds is 0. The van der Waals surface area contributed by atoms with Crippen LogP contribution in [0.15, 0.2) is 23.1 Å². The summed E-state index contributed by atoms with van der Waals surface area (Å²) in [7, 11) is 0. The Balaban J connectivity index is 0.000000490. The fraction of sp³-hybridized carbons (Fsp3) is 0. The van der Waals surface area contributed by atoms with E-state index in [2.05, 4.69) is 10.2 Å². The normalized spacial score (nSPS) is 7.50. The van der Waals surface area contributed by atoms with Crippen LogP contribution in [0.25, 0.3) is 0 Å². The van der Waals surface area contributed by atoms with Crippen molar-refractivity contribution in [3.8, 4) is 0 Å². The number of aromatic amines is 1. The Kier molecular flexibility index (Phi) is 4.13. The number of aromatic nitrogens is 2. The molecule has 1 aromatic rings. The van der Waals surface area contributed by atoms with Gasteiger partial charge in [0.2, 0.25) is 0 Å². The van der Waals surface area contributed by atoms with Crippen molar-refractivity contribution in [2.75, 3.05) is 0 Å². The van der Waals surface area contributed by atoms with Crippen molar-refractivity contribution in [1.29, 1.82) is 0 Å². The molecular weight excluding hydrogens is 132 g/mol. The second-order valence-electron chi connectivity index (χ2n) is 1.11. The second-order valence-corrected chi connectivity index (χ2v) is 1.11. The Bertz CT molecular complexity index is 180. The summed E-state index contributed by atoms with van der Waals surface area (Å²) in [4.78, 5) is 10.2. The number of nitrogens with zero attached hydrogens (tertiary/aromatic N) is 1. The molecule has 0 fully saturated rings. The van der Waals surface area contributed by atoms with Crippen LogP contribution >= 0.6 is 0 Å². The Labute approximate surface area is 76.1 Å². The first-order valence-electron chi connectivity index (χ1n) is 1.89. The molecule has 1 rings (SSSR count). The SMILES string of the molecule is O=c1cccn[nH]1.[CaH2]. The van der Waals surface area contributed by atoms with Crippen LogP contribution in [-0.2, 0) is 0 Å². The second kappa shape index (κ2) is 4.06. The van der Waals surface area contributed by atoms with Crippen molar-refractivity contribution in [1.82, 2.24) is 10.2 Å². The molecular formula is C4H6CaN2O. The van der Waals surface area contributed by atoms with Gasteiger partial charge in [-0.2, -0.15) is 5.10 Å². The molecule has 40 valence electrons. The maximum atomic E-state index is 10.2. The van der Waals surface area contributed by atoms with E-state index in [4.69, 9.17) is 0 Å². The third kappa shape index (κ3) is 2.45. The Morgan fingerprint density at radius 2 is 2.38 bits per heavy atom. The summed E-state index contributed by atoms with van der Waals surface area (Å²) >= 11 is 0. The standard InChI is InChI=1S/C4H4N2O.Ca.2H/c7-4-2-1-3-5-6-4;;;/h1-3H,(H,6,7);;;. The van der Waals surface area contributed by atoms with Crippen LogP contribution in [0.3, 0.4) is 0 Å². The van der Waals surface area contributed by atoms with Crippen molar-refractivity contribution < 1.29 is 0 Å². The van der Waals surface area contributed by atoms with Gasteiger partial charge in [-0.25, -0.2) is 5.10 Å². The van der Waals surface area contributed by atoms with Crippen LogP contribution in [0.4, 0.5) is 0 Å². The van der Waals surface area contributed by atoms with Crippen molar-refractivity contribution in [2.24, 2.45) is 0 Å². The third-order valence-electron chi connectivity index (χ3n) is 0.583. The summed E-state index contributed by atoms with van der Waals surface area (Å²) < 4.78 is 0.